The predicted molar refractivity (Wildman–Crippen MR) is 66.3 cm³/mol. The molecule has 1 unspecified atom stereocenters. The molecule has 1 fully saturated rings. The van der Waals surface area contributed by atoms with Crippen LogP contribution in [0.1, 0.15) is 42.9 Å². The molecule has 0 saturated heterocycles. The summed E-state index contributed by atoms with van der Waals surface area (Å²) in [6, 6.07) is 8.45. The number of hydrogen-bond acceptors (Lipinski definition) is 2. The van der Waals surface area contributed by atoms with Crippen molar-refractivity contribution in [3.8, 4) is 0 Å². The number of nitrogens with two attached hydrogens (primary N) is 1. The Morgan fingerprint density at radius 2 is 2.00 bits per heavy atom. The van der Waals surface area contributed by atoms with Gasteiger partial charge in [0.1, 0.15) is 0 Å². The Hall–Kier alpha value is -0.860. The summed E-state index contributed by atoms with van der Waals surface area (Å²) in [5, 5.41) is 0. The molecule has 2 N–H and O–H groups in total. The highest BCUT2D eigenvalue weighted by atomic mass is 16.5. The van der Waals surface area contributed by atoms with Crippen LogP contribution >= 0.6 is 0 Å². The van der Waals surface area contributed by atoms with E-state index in [0.717, 1.165) is 12.8 Å². The van der Waals surface area contributed by atoms with Gasteiger partial charge in [0.2, 0.25) is 0 Å². The van der Waals surface area contributed by atoms with Crippen molar-refractivity contribution in [1.29, 1.82) is 0 Å². The van der Waals surface area contributed by atoms with Crippen molar-refractivity contribution in [3.05, 3.63) is 35.4 Å². The topological polar surface area (TPSA) is 35.2 Å². The summed E-state index contributed by atoms with van der Waals surface area (Å²) in [6.45, 7) is 2.10. The molecule has 1 aliphatic rings. The molecule has 1 saturated carbocycles. The quantitative estimate of drug-likeness (QED) is 0.848. The number of aryl methyl sites for hydroxylation is 1. The van der Waals surface area contributed by atoms with Gasteiger partial charge >= 0.3 is 0 Å². The lowest BCUT2D eigenvalue weighted by Crippen LogP contribution is -2.40. The number of hydrogen-bond donors (Lipinski definition) is 1. The lowest BCUT2D eigenvalue weighted by Gasteiger charge is -2.34. The molecule has 88 valence electrons. The number of methoxy groups -OCH3 is 1. The van der Waals surface area contributed by atoms with E-state index >= 15 is 0 Å². The van der Waals surface area contributed by atoms with Crippen LogP contribution in [-0.2, 0) is 4.74 Å². The second kappa shape index (κ2) is 4.56. The Kier molecular flexibility index (Phi) is 3.31. The van der Waals surface area contributed by atoms with Crippen LogP contribution in [0.4, 0.5) is 0 Å². The number of rotatable bonds is 3. The minimum Gasteiger partial charge on any atom is -0.376 e. The summed E-state index contributed by atoms with van der Waals surface area (Å²) in [6.07, 6.45) is 4.62. The van der Waals surface area contributed by atoms with E-state index in [4.69, 9.17) is 10.5 Å². The third kappa shape index (κ3) is 2.00. The lowest BCUT2D eigenvalue weighted by atomic mass is 9.87. The smallest absolute Gasteiger partial charge is 0.0870 e. The van der Waals surface area contributed by atoms with Gasteiger partial charge in [-0.3, -0.25) is 0 Å². The second-order valence-electron chi connectivity index (χ2n) is 4.87. The summed E-state index contributed by atoms with van der Waals surface area (Å²) in [4.78, 5) is 0. The molecule has 0 spiro atoms. The van der Waals surface area contributed by atoms with Crippen LogP contribution in [0.25, 0.3) is 0 Å². The normalized spacial score (nSPS) is 20.9. The van der Waals surface area contributed by atoms with Crippen molar-refractivity contribution in [2.24, 2.45) is 5.73 Å². The van der Waals surface area contributed by atoms with E-state index in [9.17, 15) is 0 Å². The maximum Gasteiger partial charge on any atom is 0.0870 e. The van der Waals surface area contributed by atoms with Crippen molar-refractivity contribution in [1.82, 2.24) is 0 Å². The van der Waals surface area contributed by atoms with Crippen LogP contribution in [0.5, 0.6) is 0 Å². The molecule has 2 rings (SSSR count). The SMILES string of the molecule is COC1(C(N)c2cccc(C)c2)CCCC1. The first-order chi connectivity index (χ1) is 7.68. The van der Waals surface area contributed by atoms with Crippen LogP contribution < -0.4 is 5.73 Å². The summed E-state index contributed by atoms with van der Waals surface area (Å²) in [5.74, 6) is 0. The molecule has 1 aliphatic carbocycles. The summed E-state index contributed by atoms with van der Waals surface area (Å²) in [7, 11) is 1.79. The van der Waals surface area contributed by atoms with Crippen LogP contribution in [0, 0.1) is 6.92 Å². The van der Waals surface area contributed by atoms with Gasteiger partial charge in [0.05, 0.1) is 11.6 Å². The highest BCUT2D eigenvalue weighted by Gasteiger charge is 2.40. The van der Waals surface area contributed by atoms with Crippen LogP contribution in [0.2, 0.25) is 0 Å². The van der Waals surface area contributed by atoms with Crippen LogP contribution in [0.15, 0.2) is 24.3 Å². The Morgan fingerprint density at radius 1 is 1.31 bits per heavy atom. The predicted octanol–water partition coefficient (Wildman–Crippen LogP) is 2.95. The maximum absolute atomic E-state index is 6.39. The second-order valence-corrected chi connectivity index (χ2v) is 4.87. The summed E-state index contributed by atoms with van der Waals surface area (Å²) < 4.78 is 5.73. The molecule has 0 heterocycles. The zero-order valence-corrected chi connectivity index (χ0v) is 10.2. The maximum atomic E-state index is 6.39. The monoisotopic (exact) mass is 219 g/mol. The standard InChI is InChI=1S/C14H21NO/c1-11-6-5-7-12(10-11)13(15)14(16-2)8-3-4-9-14/h5-7,10,13H,3-4,8-9,15H2,1-2H3. The Labute approximate surface area is 97.8 Å². The third-order valence-electron chi connectivity index (χ3n) is 3.82. The zero-order valence-electron chi connectivity index (χ0n) is 10.2. The van der Waals surface area contributed by atoms with Gasteiger partial charge < -0.3 is 10.5 Å². The molecule has 0 bridgehead atoms. The molecule has 1 aromatic rings. The van der Waals surface area contributed by atoms with Crippen molar-refractivity contribution >= 4 is 0 Å². The van der Waals surface area contributed by atoms with Crippen LogP contribution in [-0.4, -0.2) is 12.7 Å². The van der Waals surface area contributed by atoms with Gasteiger partial charge in [0, 0.05) is 7.11 Å². The molecule has 16 heavy (non-hydrogen) atoms. The largest absolute Gasteiger partial charge is 0.376 e. The number of ether oxygens (including phenoxy) is 1. The Bertz CT molecular complexity index is 356. The molecular weight excluding hydrogens is 198 g/mol. The number of benzene rings is 1. The van der Waals surface area contributed by atoms with E-state index in [1.807, 2.05) is 0 Å². The minimum absolute atomic E-state index is 0.0000926. The first-order valence-corrected chi connectivity index (χ1v) is 6.05. The molecular formula is C14H21NO. The average molecular weight is 219 g/mol. The fraction of sp³-hybridized carbons (Fsp3) is 0.571. The molecule has 0 amide bonds. The molecule has 2 heteroatoms. The molecule has 0 aliphatic heterocycles. The zero-order chi connectivity index (χ0) is 11.6. The van der Waals surface area contributed by atoms with E-state index in [1.165, 1.54) is 24.0 Å². The highest BCUT2D eigenvalue weighted by Crippen LogP contribution is 2.41. The molecule has 0 radical (unpaired) electrons. The molecule has 1 atom stereocenters. The third-order valence-corrected chi connectivity index (χ3v) is 3.82. The van der Waals surface area contributed by atoms with E-state index < -0.39 is 0 Å². The van der Waals surface area contributed by atoms with Gasteiger partial charge in [-0.05, 0) is 25.3 Å². The summed E-state index contributed by atoms with van der Waals surface area (Å²) >= 11 is 0. The average Bonchev–Trinajstić information content (AvgIpc) is 2.78. The van der Waals surface area contributed by atoms with Crippen molar-refractivity contribution < 1.29 is 4.74 Å². The van der Waals surface area contributed by atoms with E-state index in [1.54, 1.807) is 7.11 Å². The molecule has 0 aromatic heterocycles. The highest BCUT2D eigenvalue weighted by molar-refractivity contribution is 5.27. The van der Waals surface area contributed by atoms with E-state index in [-0.39, 0.29) is 11.6 Å². The first kappa shape index (κ1) is 11.6. The fourth-order valence-corrected chi connectivity index (χ4v) is 2.78. The van der Waals surface area contributed by atoms with Crippen molar-refractivity contribution in [2.45, 2.75) is 44.2 Å². The Balaban J connectivity index is 2.26. The van der Waals surface area contributed by atoms with E-state index in [0.29, 0.717) is 0 Å². The minimum atomic E-state index is -0.131. The van der Waals surface area contributed by atoms with Gasteiger partial charge in [0.15, 0.2) is 0 Å². The Morgan fingerprint density at radius 3 is 2.56 bits per heavy atom. The van der Waals surface area contributed by atoms with Gasteiger partial charge in [-0.1, -0.05) is 42.7 Å². The van der Waals surface area contributed by atoms with Crippen molar-refractivity contribution in [3.63, 3.8) is 0 Å². The van der Waals surface area contributed by atoms with Gasteiger partial charge in [0.25, 0.3) is 0 Å². The molecule has 1 aromatic carbocycles. The fourth-order valence-electron chi connectivity index (χ4n) is 2.78. The van der Waals surface area contributed by atoms with Gasteiger partial charge in [-0.2, -0.15) is 0 Å². The molecule has 2 nitrogen and oxygen atoms in total. The van der Waals surface area contributed by atoms with Gasteiger partial charge in [-0.25, -0.2) is 0 Å². The lowest BCUT2D eigenvalue weighted by molar-refractivity contribution is -0.0264. The van der Waals surface area contributed by atoms with E-state index in [2.05, 4.69) is 31.2 Å². The first-order valence-electron chi connectivity index (χ1n) is 6.05. The van der Waals surface area contributed by atoms with Gasteiger partial charge in [-0.15, -0.1) is 0 Å². The van der Waals surface area contributed by atoms with Crippen molar-refractivity contribution in [2.75, 3.05) is 7.11 Å². The summed E-state index contributed by atoms with van der Waals surface area (Å²) in [5.41, 5.74) is 8.72. The van der Waals surface area contributed by atoms with Crippen LogP contribution in [0.3, 0.4) is 0 Å².